The Morgan fingerprint density at radius 1 is 1.50 bits per heavy atom. The fourth-order valence-electron chi connectivity index (χ4n) is 1.97. The molecule has 98 valence electrons. The molecular weight excluding hydrogens is 240 g/mol. The molecule has 1 N–H and O–H groups in total. The maximum atomic E-state index is 13.7. The lowest BCUT2D eigenvalue weighted by Gasteiger charge is -2.23. The van der Waals surface area contributed by atoms with Gasteiger partial charge < -0.3 is 10.1 Å². The number of benzene rings is 1. The standard InChI is InChI=1S/C13H15F2NO2/c1-8-2-3-10(14)12(13(8)15)11(17)6-9-7-16-4-5-18-9/h2-3,9,16H,4-7H2,1H3. The van der Waals surface area contributed by atoms with Crippen LogP contribution in [-0.4, -0.2) is 31.6 Å². The summed E-state index contributed by atoms with van der Waals surface area (Å²) in [4.78, 5) is 11.9. The summed E-state index contributed by atoms with van der Waals surface area (Å²) in [6.07, 6.45) is -0.324. The Labute approximate surface area is 104 Å². The molecule has 1 aromatic carbocycles. The van der Waals surface area contributed by atoms with Crippen LogP contribution in [-0.2, 0) is 4.74 Å². The third-order valence-electron chi connectivity index (χ3n) is 2.98. The lowest BCUT2D eigenvalue weighted by atomic mass is 10.0. The zero-order valence-corrected chi connectivity index (χ0v) is 10.1. The summed E-state index contributed by atoms with van der Waals surface area (Å²) in [5.41, 5.74) is -0.188. The second-order valence-electron chi connectivity index (χ2n) is 4.38. The second kappa shape index (κ2) is 5.54. The van der Waals surface area contributed by atoms with E-state index in [1.807, 2.05) is 0 Å². The summed E-state index contributed by atoms with van der Waals surface area (Å²) in [6, 6.07) is 2.44. The molecule has 0 spiro atoms. The molecule has 3 nitrogen and oxygen atoms in total. The molecule has 0 saturated carbocycles. The molecule has 1 unspecified atom stereocenters. The van der Waals surface area contributed by atoms with Crippen molar-refractivity contribution in [2.24, 2.45) is 0 Å². The van der Waals surface area contributed by atoms with Gasteiger partial charge in [-0.15, -0.1) is 0 Å². The van der Waals surface area contributed by atoms with E-state index in [-0.39, 0.29) is 18.1 Å². The van der Waals surface area contributed by atoms with Crippen LogP contribution in [0, 0.1) is 18.6 Å². The summed E-state index contributed by atoms with van der Waals surface area (Å²) in [7, 11) is 0. The monoisotopic (exact) mass is 255 g/mol. The first-order valence-electron chi connectivity index (χ1n) is 5.89. The fraction of sp³-hybridized carbons (Fsp3) is 0.462. The molecule has 2 rings (SSSR count). The Hall–Kier alpha value is -1.33. The summed E-state index contributed by atoms with van der Waals surface area (Å²) in [5, 5.41) is 3.07. The van der Waals surface area contributed by atoms with Crippen LogP contribution < -0.4 is 5.32 Å². The van der Waals surface area contributed by atoms with E-state index >= 15 is 0 Å². The van der Waals surface area contributed by atoms with Gasteiger partial charge in [-0.1, -0.05) is 6.07 Å². The van der Waals surface area contributed by atoms with Gasteiger partial charge in [0.1, 0.15) is 11.6 Å². The molecule has 1 aliphatic rings. The lowest BCUT2D eigenvalue weighted by Crippen LogP contribution is -2.39. The van der Waals surface area contributed by atoms with Crippen LogP contribution in [0.25, 0.3) is 0 Å². The van der Waals surface area contributed by atoms with Crippen LogP contribution in [0.1, 0.15) is 22.3 Å². The molecule has 0 aromatic heterocycles. The van der Waals surface area contributed by atoms with Crippen molar-refractivity contribution in [2.45, 2.75) is 19.4 Å². The zero-order valence-electron chi connectivity index (χ0n) is 10.1. The molecule has 0 bridgehead atoms. The summed E-state index contributed by atoms with van der Waals surface area (Å²) < 4.78 is 32.6. The first kappa shape index (κ1) is 13.1. The van der Waals surface area contributed by atoms with Crippen molar-refractivity contribution in [3.63, 3.8) is 0 Å². The number of carbonyl (C=O) groups excluding carboxylic acids is 1. The molecular formula is C13H15F2NO2. The van der Waals surface area contributed by atoms with Crippen LogP contribution in [0.4, 0.5) is 8.78 Å². The highest BCUT2D eigenvalue weighted by Gasteiger charge is 2.23. The minimum absolute atomic E-state index is 0.00963. The van der Waals surface area contributed by atoms with Crippen molar-refractivity contribution < 1.29 is 18.3 Å². The average Bonchev–Trinajstić information content (AvgIpc) is 2.36. The van der Waals surface area contributed by atoms with Crippen LogP contribution in [0.3, 0.4) is 0 Å². The Morgan fingerprint density at radius 2 is 2.28 bits per heavy atom. The number of halogens is 2. The minimum Gasteiger partial charge on any atom is -0.375 e. The van der Waals surface area contributed by atoms with Crippen LogP contribution in [0.15, 0.2) is 12.1 Å². The van der Waals surface area contributed by atoms with E-state index in [0.717, 1.165) is 12.6 Å². The van der Waals surface area contributed by atoms with Crippen molar-refractivity contribution in [1.82, 2.24) is 5.32 Å². The van der Waals surface area contributed by atoms with Crippen molar-refractivity contribution >= 4 is 5.78 Å². The number of morpholine rings is 1. The number of aryl methyl sites for hydroxylation is 1. The number of ether oxygens (including phenoxy) is 1. The quantitative estimate of drug-likeness (QED) is 0.837. The highest BCUT2D eigenvalue weighted by atomic mass is 19.1. The molecule has 18 heavy (non-hydrogen) atoms. The molecule has 1 heterocycles. The van der Waals surface area contributed by atoms with Crippen LogP contribution in [0.5, 0.6) is 0 Å². The van der Waals surface area contributed by atoms with Gasteiger partial charge in [-0.05, 0) is 18.6 Å². The van der Waals surface area contributed by atoms with E-state index in [2.05, 4.69) is 5.32 Å². The van der Waals surface area contributed by atoms with Gasteiger partial charge in [0.2, 0.25) is 0 Å². The molecule has 1 fully saturated rings. The van der Waals surface area contributed by atoms with Gasteiger partial charge in [0.15, 0.2) is 5.78 Å². The SMILES string of the molecule is Cc1ccc(F)c(C(=O)CC2CNCCO2)c1F. The normalized spacial score (nSPS) is 19.8. The first-order chi connectivity index (χ1) is 8.59. The maximum absolute atomic E-state index is 13.7. The summed E-state index contributed by atoms with van der Waals surface area (Å²) in [5.74, 6) is -2.14. The number of ketones is 1. The Morgan fingerprint density at radius 3 is 2.94 bits per heavy atom. The van der Waals surface area contributed by atoms with Crippen molar-refractivity contribution in [3.8, 4) is 0 Å². The second-order valence-corrected chi connectivity index (χ2v) is 4.38. The third kappa shape index (κ3) is 2.73. The largest absolute Gasteiger partial charge is 0.375 e. The first-order valence-corrected chi connectivity index (χ1v) is 5.89. The zero-order chi connectivity index (χ0) is 13.1. The summed E-state index contributed by atoms with van der Waals surface area (Å²) >= 11 is 0. The van der Waals surface area contributed by atoms with E-state index in [4.69, 9.17) is 4.74 Å². The molecule has 0 amide bonds. The smallest absolute Gasteiger partial charge is 0.171 e. The molecule has 1 aromatic rings. The van der Waals surface area contributed by atoms with E-state index < -0.39 is 23.0 Å². The van der Waals surface area contributed by atoms with Crippen molar-refractivity contribution in [3.05, 3.63) is 34.9 Å². The number of Topliss-reactive ketones (excluding diaryl/α,β-unsaturated/α-hetero) is 1. The number of nitrogens with one attached hydrogen (secondary N) is 1. The van der Waals surface area contributed by atoms with E-state index in [0.29, 0.717) is 13.2 Å². The van der Waals surface area contributed by atoms with E-state index in [1.165, 1.54) is 13.0 Å². The number of hydrogen-bond donors (Lipinski definition) is 1. The highest BCUT2D eigenvalue weighted by molar-refractivity contribution is 5.97. The minimum atomic E-state index is -0.813. The van der Waals surface area contributed by atoms with Gasteiger partial charge in [-0.2, -0.15) is 0 Å². The Balaban J connectivity index is 2.15. The number of carbonyl (C=O) groups is 1. The lowest BCUT2D eigenvalue weighted by molar-refractivity contribution is 0.0238. The summed E-state index contributed by atoms with van der Waals surface area (Å²) in [6.45, 7) is 3.28. The molecule has 1 aliphatic heterocycles. The predicted molar refractivity (Wildman–Crippen MR) is 62.7 cm³/mol. The predicted octanol–water partition coefficient (Wildman–Crippen LogP) is 1.83. The van der Waals surface area contributed by atoms with Crippen molar-refractivity contribution in [1.29, 1.82) is 0 Å². The maximum Gasteiger partial charge on any atom is 0.171 e. The van der Waals surface area contributed by atoms with Gasteiger partial charge in [0.05, 0.1) is 18.3 Å². The molecule has 1 atom stereocenters. The Bertz CT molecular complexity index is 457. The van der Waals surface area contributed by atoms with Gasteiger partial charge in [-0.3, -0.25) is 4.79 Å². The van der Waals surface area contributed by atoms with E-state index in [9.17, 15) is 13.6 Å². The highest BCUT2D eigenvalue weighted by Crippen LogP contribution is 2.19. The topological polar surface area (TPSA) is 38.3 Å². The molecule has 5 heteroatoms. The number of rotatable bonds is 3. The molecule has 0 aliphatic carbocycles. The Kier molecular flexibility index (Phi) is 4.04. The average molecular weight is 255 g/mol. The van der Waals surface area contributed by atoms with Gasteiger partial charge in [-0.25, -0.2) is 8.78 Å². The van der Waals surface area contributed by atoms with E-state index in [1.54, 1.807) is 0 Å². The third-order valence-corrected chi connectivity index (χ3v) is 2.98. The number of hydrogen-bond acceptors (Lipinski definition) is 3. The van der Waals surface area contributed by atoms with Gasteiger partial charge in [0, 0.05) is 19.5 Å². The fourth-order valence-corrected chi connectivity index (χ4v) is 1.97. The molecule has 0 radical (unpaired) electrons. The van der Waals surface area contributed by atoms with Gasteiger partial charge >= 0.3 is 0 Å². The molecule has 1 saturated heterocycles. The van der Waals surface area contributed by atoms with Gasteiger partial charge in [0.25, 0.3) is 0 Å². The van der Waals surface area contributed by atoms with Crippen molar-refractivity contribution in [2.75, 3.05) is 19.7 Å². The van der Waals surface area contributed by atoms with Crippen LogP contribution >= 0.6 is 0 Å². The van der Waals surface area contributed by atoms with Crippen LogP contribution in [0.2, 0.25) is 0 Å².